The molecule has 2 aliphatic rings. The fourth-order valence-corrected chi connectivity index (χ4v) is 3.58. The normalized spacial score (nSPS) is 23.4. The Morgan fingerprint density at radius 3 is 2.44 bits per heavy atom. The van der Waals surface area contributed by atoms with E-state index in [1.54, 1.807) is 30.3 Å². The van der Waals surface area contributed by atoms with Crippen molar-refractivity contribution in [2.45, 2.75) is 44.8 Å². The molecule has 0 amide bonds. The van der Waals surface area contributed by atoms with E-state index in [0.29, 0.717) is 17.1 Å². The fraction of sp³-hybridized carbons (Fsp3) is 0.350. The van der Waals surface area contributed by atoms with Crippen molar-refractivity contribution in [2.24, 2.45) is 0 Å². The van der Waals surface area contributed by atoms with Gasteiger partial charge in [0.15, 0.2) is 5.78 Å². The molecule has 130 valence electrons. The van der Waals surface area contributed by atoms with Crippen molar-refractivity contribution in [1.82, 2.24) is 0 Å². The molecule has 2 aliphatic heterocycles. The molecule has 2 unspecified atom stereocenters. The minimum absolute atomic E-state index is 0.0315. The third-order valence-electron chi connectivity index (χ3n) is 5.38. The van der Waals surface area contributed by atoms with Crippen LogP contribution in [0.3, 0.4) is 0 Å². The number of hydrogen-bond acceptors (Lipinski definition) is 5. The van der Waals surface area contributed by atoms with Gasteiger partial charge in [-0.3, -0.25) is 4.79 Å². The van der Waals surface area contributed by atoms with E-state index in [1.807, 2.05) is 20.8 Å². The van der Waals surface area contributed by atoms with Crippen molar-refractivity contribution in [2.75, 3.05) is 0 Å². The third-order valence-corrected chi connectivity index (χ3v) is 5.38. The van der Waals surface area contributed by atoms with Crippen molar-refractivity contribution in [3.05, 3.63) is 47.0 Å². The van der Waals surface area contributed by atoms with Crippen molar-refractivity contribution in [1.29, 1.82) is 0 Å². The van der Waals surface area contributed by atoms with Crippen LogP contribution >= 0.6 is 0 Å². The van der Waals surface area contributed by atoms with Crippen LogP contribution in [-0.2, 0) is 5.41 Å². The van der Waals surface area contributed by atoms with Crippen LogP contribution in [0.1, 0.15) is 54.8 Å². The van der Waals surface area contributed by atoms with E-state index in [2.05, 4.69) is 0 Å². The number of fused-ring (bicyclic) bond motifs is 2. The van der Waals surface area contributed by atoms with Gasteiger partial charge in [0.2, 0.25) is 0 Å². The zero-order valence-corrected chi connectivity index (χ0v) is 14.4. The number of benzene rings is 2. The number of ketones is 1. The molecule has 2 aromatic rings. The van der Waals surface area contributed by atoms with E-state index in [9.17, 15) is 15.0 Å². The Morgan fingerprint density at radius 1 is 1.08 bits per heavy atom. The maximum atomic E-state index is 12.7. The predicted octanol–water partition coefficient (Wildman–Crippen LogP) is 3.86. The van der Waals surface area contributed by atoms with Gasteiger partial charge in [-0.05, 0) is 24.6 Å². The fourth-order valence-electron chi connectivity index (χ4n) is 3.58. The Labute approximate surface area is 145 Å². The van der Waals surface area contributed by atoms with Crippen LogP contribution in [0.2, 0.25) is 0 Å². The monoisotopic (exact) mass is 340 g/mol. The highest BCUT2D eigenvalue weighted by molar-refractivity contribution is 6.03. The number of phenols is 2. The smallest absolute Gasteiger partial charge is 0.174 e. The molecular formula is C20H20O5. The van der Waals surface area contributed by atoms with Gasteiger partial charge in [0.25, 0.3) is 0 Å². The van der Waals surface area contributed by atoms with Gasteiger partial charge in [-0.15, -0.1) is 0 Å². The molecule has 4 rings (SSSR count). The van der Waals surface area contributed by atoms with Crippen molar-refractivity contribution in [3.8, 4) is 23.0 Å². The van der Waals surface area contributed by atoms with Crippen molar-refractivity contribution >= 4 is 5.78 Å². The molecule has 0 bridgehead atoms. The van der Waals surface area contributed by atoms with Crippen LogP contribution in [0.5, 0.6) is 23.0 Å². The SMILES string of the molecule is CC1Oc2cc3c(c(O)c2C1(C)C)C(=O)CC(c1ccc(O)cc1)O3. The highest BCUT2D eigenvalue weighted by Crippen LogP contribution is 2.53. The van der Waals surface area contributed by atoms with E-state index in [-0.39, 0.29) is 40.8 Å². The lowest BCUT2D eigenvalue weighted by Crippen LogP contribution is -2.29. The Morgan fingerprint density at radius 2 is 1.76 bits per heavy atom. The summed E-state index contributed by atoms with van der Waals surface area (Å²) in [5.41, 5.74) is 1.31. The third kappa shape index (κ3) is 2.26. The number of hydrogen-bond donors (Lipinski definition) is 2. The summed E-state index contributed by atoms with van der Waals surface area (Å²) < 4.78 is 11.9. The first-order valence-electron chi connectivity index (χ1n) is 8.35. The molecule has 5 heteroatoms. The van der Waals surface area contributed by atoms with Crippen molar-refractivity contribution in [3.63, 3.8) is 0 Å². The predicted molar refractivity (Wildman–Crippen MR) is 91.6 cm³/mol. The van der Waals surface area contributed by atoms with Crippen LogP contribution in [0.4, 0.5) is 0 Å². The van der Waals surface area contributed by atoms with Gasteiger partial charge < -0.3 is 19.7 Å². The standard InChI is InChI=1S/C20H20O5/c1-10-20(2,3)18-16(24-10)9-15-17(19(18)23)13(22)8-14(25-15)11-4-6-12(21)7-5-11/h4-7,9-10,14,21,23H,8H2,1-3H3. The van der Waals surface area contributed by atoms with Gasteiger partial charge in [0, 0.05) is 17.0 Å². The van der Waals surface area contributed by atoms with Crippen LogP contribution in [0, 0.1) is 0 Å². The van der Waals surface area contributed by atoms with E-state index >= 15 is 0 Å². The lowest BCUT2D eigenvalue weighted by Gasteiger charge is -2.28. The average Bonchev–Trinajstić information content (AvgIpc) is 2.77. The lowest BCUT2D eigenvalue weighted by molar-refractivity contribution is 0.0844. The molecule has 5 nitrogen and oxygen atoms in total. The van der Waals surface area contributed by atoms with E-state index in [0.717, 1.165) is 5.56 Å². The lowest BCUT2D eigenvalue weighted by atomic mass is 9.79. The molecule has 0 saturated carbocycles. The summed E-state index contributed by atoms with van der Waals surface area (Å²) in [5, 5.41) is 20.2. The zero-order chi connectivity index (χ0) is 17.9. The molecule has 2 atom stereocenters. The second-order valence-electron chi connectivity index (χ2n) is 7.28. The quantitative estimate of drug-likeness (QED) is 0.824. The van der Waals surface area contributed by atoms with E-state index in [4.69, 9.17) is 9.47 Å². The number of ether oxygens (including phenoxy) is 2. The second-order valence-corrected chi connectivity index (χ2v) is 7.28. The second kappa shape index (κ2) is 5.15. The summed E-state index contributed by atoms with van der Waals surface area (Å²) in [6.07, 6.45) is -0.425. The van der Waals surface area contributed by atoms with Gasteiger partial charge in [-0.2, -0.15) is 0 Å². The molecule has 25 heavy (non-hydrogen) atoms. The molecule has 0 fully saturated rings. The highest BCUT2D eigenvalue weighted by atomic mass is 16.5. The van der Waals surface area contributed by atoms with Gasteiger partial charge >= 0.3 is 0 Å². The largest absolute Gasteiger partial charge is 0.508 e. The summed E-state index contributed by atoms with van der Waals surface area (Å²) in [6.45, 7) is 5.92. The molecule has 0 radical (unpaired) electrons. The topological polar surface area (TPSA) is 76.0 Å². The first-order chi connectivity index (χ1) is 11.8. The summed E-state index contributed by atoms with van der Waals surface area (Å²) in [6, 6.07) is 8.29. The van der Waals surface area contributed by atoms with E-state index < -0.39 is 6.10 Å². The number of rotatable bonds is 1. The molecule has 2 aromatic carbocycles. The number of carbonyl (C=O) groups is 1. The molecule has 0 spiro atoms. The molecule has 2 heterocycles. The molecule has 0 aromatic heterocycles. The average molecular weight is 340 g/mol. The molecular weight excluding hydrogens is 320 g/mol. The molecule has 0 saturated heterocycles. The van der Waals surface area contributed by atoms with Gasteiger partial charge in [-0.25, -0.2) is 0 Å². The number of Topliss-reactive ketones (excluding diaryl/α,β-unsaturated/α-hetero) is 1. The van der Waals surface area contributed by atoms with Crippen LogP contribution < -0.4 is 9.47 Å². The van der Waals surface area contributed by atoms with Crippen LogP contribution in [-0.4, -0.2) is 22.1 Å². The summed E-state index contributed by atoms with van der Waals surface area (Å²) in [5.74, 6) is 0.876. The molecule has 0 aliphatic carbocycles. The van der Waals surface area contributed by atoms with Crippen LogP contribution in [0.15, 0.2) is 30.3 Å². The zero-order valence-electron chi connectivity index (χ0n) is 14.4. The number of aromatic hydroxyl groups is 2. The van der Waals surface area contributed by atoms with Gasteiger partial charge in [-0.1, -0.05) is 26.0 Å². The van der Waals surface area contributed by atoms with Gasteiger partial charge in [0.05, 0.1) is 6.42 Å². The van der Waals surface area contributed by atoms with Crippen molar-refractivity contribution < 1.29 is 24.5 Å². The Kier molecular flexibility index (Phi) is 3.26. The molecule has 2 N–H and O–H groups in total. The summed E-state index contributed by atoms with van der Waals surface area (Å²) in [7, 11) is 0. The van der Waals surface area contributed by atoms with Crippen LogP contribution in [0.25, 0.3) is 0 Å². The summed E-state index contributed by atoms with van der Waals surface area (Å²) >= 11 is 0. The first-order valence-corrected chi connectivity index (χ1v) is 8.35. The number of carbonyl (C=O) groups excluding carboxylic acids is 1. The maximum absolute atomic E-state index is 12.7. The minimum Gasteiger partial charge on any atom is -0.508 e. The minimum atomic E-state index is -0.454. The maximum Gasteiger partial charge on any atom is 0.174 e. The van der Waals surface area contributed by atoms with E-state index in [1.165, 1.54) is 0 Å². The van der Waals surface area contributed by atoms with Gasteiger partial charge in [0.1, 0.15) is 40.8 Å². The first kappa shape index (κ1) is 15.8. The Balaban J connectivity index is 1.79. The Hall–Kier alpha value is -2.69. The highest BCUT2D eigenvalue weighted by Gasteiger charge is 2.44. The Bertz CT molecular complexity index is 867. The summed E-state index contributed by atoms with van der Waals surface area (Å²) in [4.78, 5) is 12.7. The number of phenolic OH excluding ortho intramolecular Hbond substituents is 2.